The number of hydrogen-bond donors (Lipinski definition) is 1. The highest BCUT2D eigenvalue weighted by atomic mass is 79.9. The summed E-state index contributed by atoms with van der Waals surface area (Å²) < 4.78 is 6.29. The van der Waals surface area contributed by atoms with E-state index in [0.717, 1.165) is 4.47 Å². The Balaban J connectivity index is 2.88. The SMILES string of the molecule is CNC(COC)c1ccc(C)c(Br)c1. The molecular formula is C11H16BrNO. The Morgan fingerprint density at radius 1 is 1.50 bits per heavy atom. The molecule has 3 heteroatoms. The fourth-order valence-electron chi connectivity index (χ4n) is 1.34. The summed E-state index contributed by atoms with van der Waals surface area (Å²) in [5.74, 6) is 0. The number of benzene rings is 1. The molecule has 1 rings (SSSR count). The third-order valence-electron chi connectivity index (χ3n) is 2.28. The molecule has 0 radical (unpaired) electrons. The molecule has 1 atom stereocenters. The summed E-state index contributed by atoms with van der Waals surface area (Å²) in [5, 5.41) is 3.22. The maximum Gasteiger partial charge on any atom is 0.0657 e. The van der Waals surface area contributed by atoms with Crippen molar-refractivity contribution in [3.8, 4) is 0 Å². The molecule has 0 aliphatic carbocycles. The van der Waals surface area contributed by atoms with E-state index in [1.165, 1.54) is 11.1 Å². The molecule has 0 saturated heterocycles. The second kappa shape index (κ2) is 5.49. The number of halogens is 1. The van der Waals surface area contributed by atoms with Gasteiger partial charge in [-0.3, -0.25) is 0 Å². The van der Waals surface area contributed by atoms with Crippen molar-refractivity contribution >= 4 is 15.9 Å². The van der Waals surface area contributed by atoms with Crippen LogP contribution in [0.1, 0.15) is 17.2 Å². The number of rotatable bonds is 4. The molecule has 14 heavy (non-hydrogen) atoms. The van der Waals surface area contributed by atoms with Crippen LogP contribution in [-0.2, 0) is 4.74 Å². The Hall–Kier alpha value is -0.380. The van der Waals surface area contributed by atoms with E-state index in [1.54, 1.807) is 7.11 Å². The van der Waals surface area contributed by atoms with Gasteiger partial charge in [0.15, 0.2) is 0 Å². The van der Waals surface area contributed by atoms with E-state index >= 15 is 0 Å². The minimum Gasteiger partial charge on any atom is -0.383 e. The first kappa shape index (κ1) is 11.7. The quantitative estimate of drug-likeness (QED) is 0.896. The smallest absolute Gasteiger partial charge is 0.0657 e. The largest absolute Gasteiger partial charge is 0.383 e. The first-order chi connectivity index (χ1) is 6.69. The molecule has 0 spiro atoms. The van der Waals surface area contributed by atoms with E-state index in [0.29, 0.717) is 6.61 Å². The van der Waals surface area contributed by atoms with Crippen LogP contribution in [-0.4, -0.2) is 20.8 Å². The fourth-order valence-corrected chi connectivity index (χ4v) is 1.74. The average molecular weight is 258 g/mol. The fraction of sp³-hybridized carbons (Fsp3) is 0.455. The van der Waals surface area contributed by atoms with Gasteiger partial charge in [-0.25, -0.2) is 0 Å². The summed E-state index contributed by atoms with van der Waals surface area (Å²) in [6.07, 6.45) is 0. The van der Waals surface area contributed by atoms with Gasteiger partial charge in [-0.1, -0.05) is 28.1 Å². The molecule has 0 aliphatic rings. The standard InChI is InChI=1S/C11H16BrNO/c1-8-4-5-9(6-10(8)12)11(13-2)7-14-3/h4-6,11,13H,7H2,1-3H3. The predicted octanol–water partition coefficient (Wildman–Crippen LogP) is 2.66. The van der Waals surface area contributed by atoms with E-state index in [4.69, 9.17) is 4.74 Å². The van der Waals surface area contributed by atoms with Gasteiger partial charge in [0.25, 0.3) is 0 Å². The van der Waals surface area contributed by atoms with Crippen LogP contribution >= 0.6 is 15.9 Å². The van der Waals surface area contributed by atoms with Gasteiger partial charge in [0.05, 0.1) is 12.6 Å². The van der Waals surface area contributed by atoms with E-state index < -0.39 is 0 Å². The van der Waals surface area contributed by atoms with Crippen molar-refractivity contribution in [1.29, 1.82) is 0 Å². The van der Waals surface area contributed by atoms with Gasteiger partial charge in [-0.05, 0) is 31.2 Å². The van der Waals surface area contributed by atoms with Gasteiger partial charge in [-0.15, -0.1) is 0 Å². The van der Waals surface area contributed by atoms with Crippen molar-refractivity contribution in [2.45, 2.75) is 13.0 Å². The maximum absolute atomic E-state index is 5.14. The van der Waals surface area contributed by atoms with E-state index in [1.807, 2.05) is 7.05 Å². The zero-order valence-corrected chi connectivity index (χ0v) is 10.4. The molecule has 0 heterocycles. The Kier molecular flexibility index (Phi) is 4.58. The Morgan fingerprint density at radius 2 is 2.21 bits per heavy atom. The normalized spacial score (nSPS) is 12.9. The van der Waals surface area contributed by atoms with Gasteiger partial charge >= 0.3 is 0 Å². The van der Waals surface area contributed by atoms with Crippen molar-refractivity contribution < 1.29 is 4.74 Å². The highest BCUT2D eigenvalue weighted by Crippen LogP contribution is 2.21. The van der Waals surface area contributed by atoms with Crippen LogP contribution in [0.4, 0.5) is 0 Å². The third-order valence-corrected chi connectivity index (χ3v) is 3.13. The van der Waals surface area contributed by atoms with Crippen LogP contribution in [0, 0.1) is 6.92 Å². The van der Waals surface area contributed by atoms with Crippen LogP contribution in [0.2, 0.25) is 0 Å². The first-order valence-electron chi connectivity index (χ1n) is 4.61. The third kappa shape index (κ3) is 2.80. The minimum absolute atomic E-state index is 0.261. The number of likely N-dealkylation sites (N-methyl/N-ethyl adjacent to an activating group) is 1. The highest BCUT2D eigenvalue weighted by Gasteiger charge is 2.09. The van der Waals surface area contributed by atoms with E-state index in [9.17, 15) is 0 Å². The lowest BCUT2D eigenvalue weighted by Gasteiger charge is -2.16. The zero-order valence-electron chi connectivity index (χ0n) is 8.80. The highest BCUT2D eigenvalue weighted by molar-refractivity contribution is 9.10. The van der Waals surface area contributed by atoms with Gasteiger partial charge in [-0.2, -0.15) is 0 Å². The monoisotopic (exact) mass is 257 g/mol. The molecule has 1 N–H and O–H groups in total. The van der Waals surface area contributed by atoms with Gasteiger partial charge in [0, 0.05) is 11.6 Å². The summed E-state index contributed by atoms with van der Waals surface area (Å²) in [4.78, 5) is 0. The molecule has 1 unspecified atom stereocenters. The van der Waals surface area contributed by atoms with E-state index in [2.05, 4.69) is 46.4 Å². The van der Waals surface area contributed by atoms with Gasteiger partial charge in [0.2, 0.25) is 0 Å². The molecule has 0 amide bonds. The van der Waals surface area contributed by atoms with Crippen molar-refractivity contribution in [1.82, 2.24) is 5.32 Å². The van der Waals surface area contributed by atoms with Crippen molar-refractivity contribution in [3.05, 3.63) is 33.8 Å². The Bertz CT molecular complexity index is 301. The Labute approximate surface area is 93.8 Å². The lowest BCUT2D eigenvalue weighted by molar-refractivity contribution is 0.170. The lowest BCUT2D eigenvalue weighted by atomic mass is 10.1. The number of aryl methyl sites for hydroxylation is 1. The summed E-state index contributed by atoms with van der Waals surface area (Å²) in [5.41, 5.74) is 2.49. The maximum atomic E-state index is 5.14. The molecule has 1 aromatic carbocycles. The summed E-state index contributed by atoms with van der Waals surface area (Å²) in [7, 11) is 3.66. The molecule has 0 aliphatic heterocycles. The van der Waals surface area contributed by atoms with Crippen LogP contribution in [0.15, 0.2) is 22.7 Å². The van der Waals surface area contributed by atoms with Crippen molar-refractivity contribution in [3.63, 3.8) is 0 Å². The average Bonchev–Trinajstić information content (AvgIpc) is 2.19. The minimum atomic E-state index is 0.261. The summed E-state index contributed by atoms with van der Waals surface area (Å²) >= 11 is 3.53. The number of ether oxygens (including phenoxy) is 1. The molecule has 1 aromatic rings. The zero-order chi connectivity index (χ0) is 10.6. The topological polar surface area (TPSA) is 21.3 Å². The molecule has 0 bridgehead atoms. The van der Waals surface area contributed by atoms with E-state index in [-0.39, 0.29) is 6.04 Å². The lowest BCUT2D eigenvalue weighted by Crippen LogP contribution is -2.21. The summed E-state index contributed by atoms with van der Waals surface area (Å²) in [6.45, 7) is 2.77. The molecule has 78 valence electrons. The van der Waals surface area contributed by atoms with Gasteiger partial charge < -0.3 is 10.1 Å². The second-order valence-electron chi connectivity index (χ2n) is 3.31. The van der Waals surface area contributed by atoms with Crippen molar-refractivity contribution in [2.24, 2.45) is 0 Å². The molecule has 0 fully saturated rings. The van der Waals surface area contributed by atoms with Crippen LogP contribution < -0.4 is 5.32 Å². The number of nitrogens with one attached hydrogen (secondary N) is 1. The number of methoxy groups -OCH3 is 1. The second-order valence-corrected chi connectivity index (χ2v) is 4.16. The Morgan fingerprint density at radius 3 is 2.71 bits per heavy atom. The predicted molar refractivity (Wildman–Crippen MR) is 62.6 cm³/mol. The van der Waals surface area contributed by atoms with Crippen molar-refractivity contribution in [2.75, 3.05) is 20.8 Å². The molecular weight excluding hydrogens is 242 g/mol. The van der Waals surface area contributed by atoms with Gasteiger partial charge in [0.1, 0.15) is 0 Å². The van der Waals surface area contributed by atoms with Crippen LogP contribution in [0.3, 0.4) is 0 Å². The molecule has 2 nitrogen and oxygen atoms in total. The summed E-state index contributed by atoms with van der Waals surface area (Å²) in [6, 6.07) is 6.63. The molecule has 0 aromatic heterocycles. The van der Waals surface area contributed by atoms with Crippen LogP contribution in [0.25, 0.3) is 0 Å². The molecule has 0 saturated carbocycles. The number of hydrogen-bond acceptors (Lipinski definition) is 2. The first-order valence-corrected chi connectivity index (χ1v) is 5.40. The van der Waals surface area contributed by atoms with Crippen LogP contribution in [0.5, 0.6) is 0 Å².